The van der Waals surface area contributed by atoms with Gasteiger partial charge in [0.05, 0.1) is 0 Å². The lowest BCUT2D eigenvalue weighted by molar-refractivity contribution is 0.0613. The third-order valence-electron chi connectivity index (χ3n) is 2.87. The van der Waals surface area contributed by atoms with Crippen LogP contribution in [-0.2, 0) is 0 Å². The molecule has 6 heteroatoms. The first-order valence-corrected chi connectivity index (χ1v) is 5.45. The first kappa shape index (κ1) is 10.9. The van der Waals surface area contributed by atoms with Crippen LogP contribution in [0.5, 0.6) is 0 Å². The normalized spacial score (nSPS) is 25.8. The van der Waals surface area contributed by atoms with Crippen molar-refractivity contribution in [2.45, 2.75) is 20.3 Å². The van der Waals surface area contributed by atoms with Crippen LogP contribution in [0.15, 0.2) is 4.63 Å². The zero-order valence-corrected chi connectivity index (χ0v) is 9.51. The Morgan fingerprint density at radius 2 is 2.00 bits per heavy atom. The minimum Gasteiger partial charge on any atom is -0.379 e. The number of nitrogens with two attached hydrogens (primary N) is 1. The standard InChI is InChI=1S/C10H16N4O2/c1-6-3-7(2)5-14(4-6)10(15)8-9(11)13-16-12-8/h6-7H,3-5H2,1-2H3,(H2,11,13). The summed E-state index contributed by atoms with van der Waals surface area (Å²) in [6.07, 6.45) is 1.15. The number of anilines is 1. The van der Waals surface area contributed by atoms with Gasteiger partial charge in [-0.3, -0.25) is 4.79 Å². The minimum absolute atomic E-state index is 0.0656. The topological polar surface area (TPSA) is 85.2 Å². The van der Waals surface area contributed by atoms with Crippen LogP contribution in [0.2, 0.25) is 0 Å². The molecule has 16 heavy (non-hydrogen) atoms. The molecule has 0 radical (unpaired) electrons. The van der Waals surface area contributed by atoms with Crippen LogP contribution in [0.3, 0.4) is 0 Å². The van der Waals surface area contributed by atoms with Crippen molar-refractivity contribution in [2.75, 3.05) is 18.8 Å². The first-order chi connectivity index (χ1) is 7.58. The predicted octanol–water partition coefficient (Wildman–Crippen LogP) is 0.770. The number of likely N-dealkylation sites (tertiary alicyclic amines) is 1. The third-order valence-corrected chi connectivity index (χ3v) is 2.87. The lowest BCUT2D eigenvalue weighted by atomic mass is 9.92. The minimum atomic E-state index is -0.183. The fraction of sp³-hybridized carbons (Fsp3) is 0.700. The summed E-state index contributed by atoms with van der Waals surface area (Å²) < 4.78 is 4.44. The summed E-state index contributed by atoms with van der Waals surface area (Å²) in [5.74, 6) is 0.899. The number of hydrogen-bond donors (Lipinski definition) is 1. The number of carbonyl (C=O) groups excluding carboxylic acids is 1. The zero-order valence-electron chi connectivity index (χ0n) is 9.51. The van der Waals surface area contributed by atoms with Crippen LogP contribution in [0.1, 0.15) is 30.8 Å². The molecule has 1 saturated heterocycles. The highest BCUT2D eigenvalue weighted by Crippen LogP contribution is 2.22. The average molecular weight is 224 g/mol. The average Bonchev–Trinajstić information content (AvgIpc) is 2.62. The summed E-state index contributed by atoms with van der Waals surface area (Å²) in [5, 5.41) is 6.95. The van der Waals surface area contributed by atoms with Gasteiger partial charge in [0.25, 0.3) is 5.91 Å². The van der Waals surface area contributed by atoms with Gasteiger partial charge in [-0.25, -0.2) is 4.63 Å². The first-order valence-electron chi connectivity index (χ1n) is 5.45. The fourth-order valence-electron chi connectivity index (χ4n) is 2.32. The van der Waals surface area contributed by atoms with E-state index in [2.05, 4.69) is 28.8 Å². The van der Waals surface area contributed by atoms with Gasteiger partial charge in [-0.15, -0.1) is 0 Å². The van der Waals surface area contributed by atoms with E-state index in [1.54, 1.807) is 4.90 Å². The molecule has 1 aliphatic heterocycles. The predicted molar refractivity (Wildman–Crippen MR) is 57.6 cm³/mol. The molecule has 0 spiro atoms. The van der Waals surface area contributed by atoms with Gasteiger partial charge in [-0.05, 0) is 28.6 Å². The molecule has 1 amide bonds. The van der Waals surface area contributed by atoms with Gasteiger partial charge < -0.3 is 10.6 Å². The van der Waals surface area contributed by atoms with Crippen LogP contribution >= 0.6 is 0 Å². The fourth-order valence-corrected chi connectivity index (χ4v) is 2.32. The number of aromatic nitrogens is 2. The molecule has 2 N–H and O–H groups in total. The highest BCUT2D eigenvalue weighted by Gasteiger charge is 2.29. The van der Waals surface area contributed by atoms with Crippen molar-refractivity contribution in [1.82, 2.24) is 15.2 Å². The lowest BCUT2D eigenvalue weighted by Crippen LogP contribution is -2.42. The highest BCUT2D eigenvalue weighted by molar-refractivity contribution is 5.96. The van der Waals surface area contributed by atoms with Crippen molar-refractivity contribution in [3.63, 3.8) is 0 Å². The number of nitrogen functional groups attached to an aromatic ring is 1. The molecule has 0 bridgehead atoms. The second-order valence-electron chi connectivity index (χ2n) is 4.65. The van der Waals surface area contributed by atoms with Gasteiger partial charge in [-0.1, -0.05) is 13.8 Å². The molecule has 2 rings (SSSR count). The van der Waals surface area contributed by atoms with E-state index in [4.69, 9.17) is 5.73 Å². The Hall–Kier alpha value is -1.59. The molecule has 88 valence electrons. The van der Waals surface area contributed by atoms with E-state index in [0.717, 1.165) is 19.5 Å². The van der Waals surface area contributed by atoms with E-state index in [1.807, 2.05) is 0 Å². The van der Waals surface area contributed by atoms with Crippen LogP contribution in [0, 0.1) is 11.8 Å². The molecule has 2 heterocycles. The van der Waals surface area contributed by atoms with Crippen molar-refractivity contribution in [2.24, 2.45) is 11.8 Å². The largest absolute Gasteiger partial charge is 0.379 e. The summed E-state index contributed by atoms with van der Waals surface area (Å²) in [4.78, 5) is 13.8. The number of rotatable bonds is 1. The van der Waals surface area contributed by atoms with E-state index in [1.165, 1.54) is 0 Å². The number of piperidine rings is 1. The Morgan fingerprint density at radius 3 is 2.50 bits per heavy atom. The van der Waals surface area contributed by atoms with E-state index in [0.29, 0.717) is 11.8 Å². The molecule has 0 aliphatic carbocycles. The zero-order chi connectivity index (χ0) is 11.7. The highest BCUT2D eigenvalue weighted by atomic mass is 16.6. The van der Waals surface area contributed by atoms with Gasteiger partial charge in [0.1, 0.15) is 0 Å². The Bertz CT molecular complexity index is 380. The van der Waals surface area contributed by atoms with E-state index in [-0.39, 0.29) is 17.4 Å². The van der Waals surface area contributed by atoms with Crippen LogP contribution in [0.4, 0.5) is 5.82 Å². The second-order valence-corrected chi connectivity index (χ2v) is 4.65. The van der Waals surface area contributed by atoms with E-state index < -0.39 is 0 Å². The summed E-state index contributed by atoms with van der Waals surface area (Å²) in [6, 6.07) is 0. The SMILES string of the molecule is CC1CC(C)CN(C(=O)c2nonc2N)C1. The smallest absolute Gasteiger partial charge is 0.280 e. The van der Waals surface area contributed by atoms with Crippen LogP contribution in [-0.4, -0.2) is 34.2 Å². The van der Waals surface area contributed by atoms with Crippen molar-refractivity contribution in [3.05, 3.63) is 5.69 Å². The maximum atomic E-state index is 12.1. The van der Waals surface area contributed by atoms with Gasteiger partial charge in [0.15, 0.2) is 0 Å². The molecule has 2 unspecified atom stereocenters. The Labute approximate surface area is 93.7 Å². The van der Waals surface area contributed by atoms with E-state index >= 15 is 0 Å². The van der Waals surface area contributed by atoms with Gasteiger partial charge in [-0.2, -0.15) is 0 Å². The quantitative estimate of drug-likeness (QED) is 0.761. The van der Waals surface area contributed by atoms with Gasteiger partial charge >= 0.3 is 0 Å². The number of amides is 1. The molecule has 6 nitrogen and oxygen atoms in total. The van der Waals surface area contributed by atoms with Gasteiger partial charge in [0.2, 0.25) is 11.5 Å². The van der Waals surface area contributed by atoms with Crippen LogP contribution < -0.4 is 5.73 Å². The number of nitrogens with zero attached hydrogens (tertiary/aromatic N) is 3. The number of carbonyl (C=O) groups is 1. The Balaban J connectivity index is 2.13. The summed E-state index contributed by atoms with van der Waals surface area (Å²) in [6.45, 7) is 5.77. The molecule has 1 aromatic heterocycles. The molecular weight excluding hydrogens is 208 g/mol. The molecular formula is C10H16N4O2. The van der Waals surface area contributed by atoms with Crippen molar-refractivity contribution >= 4 is 11.7 Å². The maximum Gasteiger partial charge on any atom is 0.280 e. The van der Waals surface area contributed by atoms with E-state index in [9.17, 15) is 4.79 Å². The maximum absolute atomic E-state index is 12.1. The molecule has 2 atom stereocenters. The molecule has 1 aliphatic rings. The Kier molecular flexibility index (Phi) is 2.80. The molecule has 0 saturated carbocycles. The second kappa shape index (κ2) is 4.11. The number of hydrogen-bond acceptors (Lipinski definition) is 5. The lowest BCUT2D eigenvalue weighted by Gasteiger charge is -2.34. The molecule has 1 fully saturated rings. The van der Waals surface area contributed by atoms with Crippen LogP contribution in [0.25, 0.3) is 0 Å². The monoisotopic (exact) mass is 224 g/mol. The molecule has 0 aromatic carbocycles. The van der Waals surface area contributed by atoms with Crippen molar-refractivity contribution in [1.29, 1.82) is 0 Å². The van der Waals surface area contributed by atoms with Gasteiger partial charge in [0, 0.05) is 13.1 Å². The Morgan fingerprint density at radius 1 is 1.38 bits per heavy atom. The summed E-state index contributed by atoms with van der Waals surface area (Å²) in [7, 11) is 0. The van der Waals surface area contributed by atoms with Crippen molar-refractivity contribution in [3.8, 4) is 0 Å². The van der Waals surface area contributed by atoms with Crippen molar-refractivity contribution < 1.29 is 9.42 Å². The molecule has 1 aromatic rings. The summed E-state index contributed by atoms with van der Waals surface area (Å²) in [5.41, 5.74) is 5.63. The third kappa shape index (κ3) is 2.00. The summed E-state index contributed by atoms with van der Waals surface area (Å²) >= 11 is 0.